The Bertz CT molecular complexity index is 1210. The Hall–Kier alpha value is -4.06. The van der Waals surface area contributed by atoms with Crippen LogP contribution in [0.25, 0.3) is 0 Å². The largest absolute Gasteiger partial charge is 0.496 e. The van der Waals surface area contributed by atoms with Crippen LogP contribution in [0.4, 0.5) is 11.4 Å². The number of nitrogens with one attached hydrogen (secondary N) is 2. The van der Waals surface area contributed by atoms with Crippen LogP contribution in [0.5, 0.6) is 5.75 Å². The minimum atomic E-state index is -0.257. The van der Waals surface area contributed by atoms with Gasteiger partial charge >= 0.3 is 0 Å². The van der Waals surface area contributed by atoms with Gasteiger partial charge in [-0.2, -0.15) is 0 Å². The van der Waals surface area contributed by atoms with E-state index in [0.717, 1.165) is 11.1 Å². The molecule has 3 aromatic carbocycles. The summed E-state index contributed by atoms with van der Waals surface area (Å²) < 4.78 is 5.48. The van der Waals surface area contributed by atoms with Crippen molar-refractivity contribution in [3.8, 4) is 5.75 Å². The second-order valence-corrected chi connectivity index (χ2v) is 9.10. The molecule has 0 aliphatic rings. The number of benzene rings is 3. The van der Waals surface area contributed by atoms with Crippen LogP contribution in [0.3, 0.4) is 0 Å². The molecular weight excluding hydrogens is 426 g/mol. The van der Waals surface area contributed by atoms with Crippen LogP contribution in [0, 0.1) is 0 Å². The van der Waals surface area contributed by atoms with Crippen molar-refractivity contribution in [3.63, 3.8) is 0 Å². The van der Waals surface area contributed by atoms with Crippen molar-refractivity contribution in [3.05, 3.63) is 101 Å². The number of Topliss-reactive ketones (excluding diaryl/α,β-unsaturated/α-hetero) is 1. The van der Waals surface area contributed by atoms with E-state index >= 15 is 0 Å². The molecule has 0 aromatic heterocycles. The van der Waals surface area contributed by atoms with Crippen LogP contribution in [0.1, 0.15) is 52.6 Å². The second-order valence-electron chi connectivity index (χ2n) is 9.10. The van der Waals surface area contributed by atoms with Gasteiger partial charge in [-0.3, -0.25) is 9.59 Å². The highest BCUT2D eigenvalue weighted by atomic mass is 16.5. The first kappa shape index (κ1) is 24.6. The third-order valence-corrected chi connectivity index (χ3v) is 5.47. The molecule has 0 spiro atoms. The fourth-order valence-corrected chi connectivity index (χ4v) is 3.52. The lowest BCUT2D eigenvalue weighted by Gasteiger charge is -2.19. The first-order valence-corrected chi connectivity index (χ1v) is 11.0. The van der Waals surface area contributed by atoms with E-state index in [1.165, 1.54) is 0 Å². The van der Waals surface area contributed by atoms with Gasteiger partial charge < -0.3 is 21.1 Å². The van der Waals surface area contributed by atoms with Gasteiger partial charge in [-0.25, -0.2) is 0 Å². The molecule has 176 valence electrons. The highest BCUT2D eigenvalue weighted by Gasteiger charge is 2.16. The molecule has 0 heterocycles. The Morgan fingerprint density at radius 3 is 2.29 bits per heavy atom. The second kappa shape index (κ2) is 10.3. The predicted octanol–water partition coefficient (Wildman–Crippen LogP) is 5.31. The number of rotatable bonds is 8. The number of nitrogen functional groups attached to an aromatic ring is 1. The lowest BCUT2D eigenvalue weighted by atomic mass is 9.87. The molecule has 3 rings (SSSR count). The number of carbonyl (C=O) groups excluding carboxylic acids is 2. The summed E-state index contributed by atoms with van der Waals surface area (Å²) in [5.74, 6) is 0.524. The first-order chi connectivity index (χ1) is 16.1. The lowest BCUT2D eigenvalue weighted by molar-refractivity contribution is 0.0964. The van der Waals surface area contributed by atoms with E-state index in [-0.39, 0.29) is 23.5 Å². The van der Waals surface area contributed by atoms with E-state index in [4.69, 9.17) is 10.5 Å². The van der Waals surface area contributed by atoms with Crippen molar-refractivity contribution in [1.29, 1.82) is 0 Å². The van der Waals surface area contributed by atoms with Gasteiger partial charge in [-0.15, -0.1) is 0 Å². The number of methoxy groups -OCH3 is 1. The van der Waals surface area contributed by atoms with Gasteiger partial charge in [0.25, 0.3) is 5.91 Å². The van der Waals surface area contributed by atoms with Crippen molar-refractivity contribution in [2.24, 2.45) is 0 Å². The van der Waals surface area contributed by atoms with Crippen LogP contribution >= 0.6 is 0 Å². The summed E-state index contributed by atoms with van der Waals surface area (Å²) in [6.07, 6.45) is 0.153. The van der Waals surface area contributed by atoms with E-state index in [1.54, 1.807) is 61.7 Å². The third kappa shape index (κ3) is 6.04. The summed E-state index contributed by atoms with van der Waals surface area (Å²) >= 11 is 0. The van der Waals surface area contributed by atoms with Gasteiger partial charge in [0.2, 0.25) is 0 Å². The Kier molecular flexibility index (Phi) is 7.41. The van der Waals surface area contributed by atoms with Crippen LogP contribution in [0.2, 0.25) is 0 Å². The molecule has 4 N–H and O–H groups in total. The Balaban J connectivity index is 1.65. The molecule has 0 saturated heterocycles. The molecule has 0 bridgehead atoms. The van der Waals surface area contributed by atoms with Crippen molar-refractivity contribution < 1.29 is 14.3 Å². The molecule has 34 heavy (non-hydrogen) atoms. The molecule has 0 atom stereocenters. The summed E-state index contributed by atoms with van der Waals surface area (Å²) in [7, 11) is 1.54. The molecule has 0 aliphatic heterocycles. The lowest BCUT2D eigenvalue weighted by Crippen LogP contribution is -2.26. The van der Waals surface area contributed by atoms with Crippen LogP contribution in [0.15, 0.2) is 79.1 Å². The molecular formula is C28H31N3O3. The van der Waals surface area contributed by atoms with Crippen molar-refractivity contribution in [1.82, 2.24) is 5.32 Å². The van der Waals surface area contributed by atoms with E-state index < -0.39 is 0 Å². The molecule has 6 heteroatoms. The van der Waals surface area contributed by atoms with E-state index in [2.05, 4.69) is 38.0 Å². The summed E-state index contributed by atoms with van der Waals surface area (Å²) in [5.41, 5.74) is 9.97. The number of nitrogens with two attached hydrogens (primary N) is 1. The van der Waals surface area contributed by atoms with Gasteiger partial charge in [0, 0.05) is 40.6 Å². The van der Waals surface area contributed by atoms with Gasteiger partial charge in [0.15, 0.2) is 5.78 Å². The number of hydrogen-bond donors (Lipinski definition) is 3. The number of anilines is 2. The maximum atomic E-state index is 12.7. The molecule has 0 fully saturated rings. The van der Waals surface area contributed by atoms with E-state index in [0.29, 0.717) is 34.1 Å². The Morgan fingerprint density at radius 2 is 1.68 bits per heavy atom. The monoisotopic (exact) mass is 457 g/mol. The van der Waals surface area contributed by atoms with Crippen LogP contribution in [-0.4, -0.2) is 18.8 Å². The van der Waals surface area contributed by atoms with Crippen molar-refractivity contribution >= 4 is 23.1 Å². The molecule has 0 radical (unpaired) electrons. The number of carbonyl (C=O) groups is 2. The Labute approximate surface area is 200 Å². The zero-order valence-electron chi connectivity index (χ0n) is 20.1. The minimum absolute atomic E-state index is 0.0176. The predicted molar refractivity (Wildman–Crippen MR) is 137 cm³/mol. The average Bonchev–Trinajstić information content (AvgIpc) is 2.79. The van der Waals surface area contributed by atoms with Crippen molar-refractivity contribution in [2.45, 2.75) is 32.6 Å². The molecule has 3 aromatic rings. The van der Waals surface area contributed by atoms with Gasteiger partial charge in [-0.05, 0) is 41.3 Å². The van der Waals surface area contributed by atoms with E-state index in [1.807, 2.05) is 12.1 Å². The average molecular weight is 458 g/mol. The minimum Gasteiger partial charge on any atom is -0.496 e. The number of hydrogen-bond acceptors (Lipinski definition) is 5. The first-order valence-electron chi connectivity index (χ1n) is 11.0. The zero-order chi connectivity index (χ0) is 24.9. The fraction of sp³-hybridized carbons (Fsp3) is 0.214. The topological polar surface area (TPSA) is 93.5 Å². The van der Waals surface area contributed by atoms with Gasteiger partial charge in [-0.1, -0.05) is 57.7 Å². The van der Waals surface area contributed by atoms with Crippen LogP contribution in [-0.2, 0) is 11.8 Å². The molecule has 0 unspecified atom stereocenters. The van der Waals surface area contributed by atoms with Crippen molar-refractivity contribution in [2.75, 3.05) is 18.2 Å². The number of ketones is 1. The summed E-state index contributed by atoms with van der Waals surface area (Å²) in [5, 5.41) is 5.82. The molecule has 6 nitrogen and oxygen atoms in total. The van der Waals surface area contributed by atoms with Gasteiger partial charge in [0.1, 0.15) is 11.6 Å². The number of ether oxygens (including phenoxy) is 1. The quantitative estimate of drug-likeness (QED) is 0.315. The maximum absolute atomic E-state index is 12.7. The summed E-state index contributed by atoms with van der Waals surface area (Å²) in [6.45, 7) is 10.3. The van der Waals surface area contributed by atoms with E-state index in [9.17, 15) is 9.59 Å². The zero-order valence-corrected chi connectivity index (χ0v) is 20.1. The fourth-order valence-electron chi connectivity index (χ4n) is 3.52. The number of para-hydroxylation sites is 1. The highest BCUT2D eigenvalue weighted by molar-refractivity contribution is 6.02. The number of amides is 1. The molecule has 0 aliphatic carbocycles. The molecule has 1 amide bonds. The smallest absolute Gasteiger partial charge is 0.256 e. The molecule has 0 saturated carbocycles. The van der Waals surface area contributed by atoms with Crippen LogP contribution < -0.4 is 21.1 Å². The standard InChI is InChI=1S/C28H31N3O3/c1-18(31-27(33)19-10-13-21(14-11-19)28(2,3)4)30-22-15-12-20(26(17-22)34-5)16-25(32)23-8-6-7-9-24(23)29/h6-15,17,30H,1,16,29H2,2-5H3,(H,31,33). The third-order valence-electron chi connectivity index (χ3n) is 5.47. The summed E-state index contributed by atoms with van der Waals surface area (Å²) in [6, 6.07) is 19.9. The summed E-state index contributed by atoms with van der Waals surface area (Å²) in [4.78, 5) is 25.3. The normalized spacial score (nSPS) is 10.9. The SMILES string of the molecule is C=C(NC(=O)c1ccc(C(C)(C)C)cc1)Nc1ccc(CC(=O)c2ccccc2N)c(OC)c1. The highest BCUT2D eigenvalue weighted by Crippen LogP contribution is 2.26. The maximum Gasteiger partial charge on any atom is 0.256 e. The van der Waals surface area contributed by atoms with Gasteiger partial charge in [0.05, 0.1) is 7.11 Å². The Morgan fingerprint density at radius 1 is 1.00 bits per heavy atom.